The summed E-state index contributed by atoms with van der Waals surface area (Å²) in [6.45, 7) is 12.8. The fourth-order valence-corrected chi connectivity index (χ4v) is 19.1. The van der Waals surface area contributed by atoms with Gasteiger partial charge in [0.15, 0.2) is 0 Å². The van der Waals surface area contributed by atoms with E-state index in [0.29, 0.717) is 113 Å². The third kappa shape index (κ3) is 30.0. The van der Waals surface area contributed by atoms with Crippen LogP contribution in [0.3, 0.4) is 0 Å². The zero-order chi connectivity index (χ0) is 100. The number of aryl methyl sites for hydroxylation is 5. The smallest absolute Gasteiger partial charge is 0.254 e. The maximum atomic E-state index is 13.8. The van der Waals surface area contributed by atoms with E-state index in [2.05, 4.69) is 82.7 Å². The number of aliphatic hydroxyl groups excluding tert-OH is 4. The van der Waals surface area contributed by atoms with Crippen LogP contribution in [0.25, 0.3) is 27.9 Å². The third-order valence-electron chi connectivity index (χ3n) is 22.2. The number of amidine groups is 1. The van der Waals surface area contributed by atoms with Crippen molar-refractivity contribution in [3.8, 4) is 0 Å². The molecule has 0 saturated carbocycles. The molecule has 4 unspecified atom stereocenters. The summed E-state index contributed by atoms with van der Waals surface area (Å²) in [7, 11) is 11.1. The Kier molecular flexibility index (Phi) is 39.9. The molecule has 0 saturated heterocycles. The van der Waals surface area contributed by atoms with Crippen molar-refractivity contribution in [1.82, 2.24) is 72.0 Å². The lowest BCUT2D eigenvalue weighted by Gasteiger charge is -2.21. The number of amides is 5. The lowest BCUT2D eigenvalue weighted by molar-refractivity contribution is -0.119. The Morgan fingerprint density at radius 3 is 0.993 bits per heavy atom. The number of hydrogen-bond donors (Lipinski definition) is 14. The van der Waals surface area contributed by atoms with E-state index in [1.165, 1.54) is 75.7 Å². The van der Waals surface area contributed by atoms with Crippen molar-refractivity contribution >= 4 is 173 Å². The van der Waals surface area contributed by atoms with E-state index >= 15 is 0 Å². The minimum absolute atomic E-state index is 0.0361. The summed E-state index contributed by atoms with van der Waals surface area (Å²) >= 11 is 29.0. The van der Waals surface area contributed by atoms with Gasteiger partial charge in [-0.1, -0.05) is 156 Å². The Morgan fingerprint density at radius 2 is 0.698 bits per heavy atom. The number of nitrogens with one attached hydrogen (secondary N) is 9. The van der Waals surface area contributed by atoms with Crippen molar-refractivity contribution in [2.24, 2.45) is 10.7 Å². The van der Waals surface area contributed by atoms with Crippen LogP contribution < -0.4 is 53.6 Å². The number of aliphatic imine (C=N–C) groups is 1. The second kappa shape index (κ2) is 51.5. The fraction of sp³-hybridized carbons (Fsp3) is 0.287. The molecule has 730 valence electrons. The van der Waals surface area contributed by atoms with Crippen molar-refractivity contribution in [2.45, 2.75) is 124 Å². The highest BCUT2D eigenvalue weighted by Crippen LogP contribution is 2.39. The predicted octanol–water partition coefficient (Wildman–Crippen LogP) is 17.5. The topological polar surface area (TPSA) is 393 Å². The van der Waals surface area contributed by atoms with Gasteiger partial charge in [-0.2, -0.15) is 15.0 Å². The molecule has 0 radical (unpaired) electrons. The minimum atomic E-state index is -0.498. The van der Waals surface area contributed by atoms with Gasteiger partial charge in [-0.05, 0) is 193 Å². The van der Waals surface area contributed by atoms with E-state index in [-0.39, 0.29) is 108 Å². The summed E-state index contributed by atoms with van der Waals surface area (Å²) in [5.74, 6) is -0.891. The molecule has 15 rings (SSSR count). The molecule has 38 heteroatoms. The number of carbonyl (C=O) groups is 5. The van der Waals surface area contributed by atoms with Crippen LogP contribution in [-0.4, -0.2) is 159 Å². The van der Waals surface area contributed by atoms with Crippen LogP contribution in [0.2, 0.25) is 20.1 Å². The Morgan fingerprint density at radius 1 is 0.403 bits per heavy atom. The van der Waals surface area contributed by atoms with Crippen LogP contribution in [0.4, 0.5) is 30.8 Å². The van der Waals surface area contributed by atoms with Crippen LogP contribution in [0.5, 0.6) is 0 Å². The number of thiazole rings is 4. The van der Waals surface area contributed by atoms with Gasteiger partial charge in [0, 0.05) is 109 Å². The van der Waals surface area contributed by atoms with Gasteiger partial charge in [-0.3, -0.25) is 24.0 Å². The van der Waals surface area contributed by atoms with Gasteiger partial charge in [-0.25, -0.2) is 33.1 Å². The van der Waals surface area contributed by atoms with E-state index in [4.69, 9.17) is 52.1 Å². The highest BCUT2D eigenvalue weighted by Gasteiger charge is 2.31. The van der Waals surface area contributed by atoms with E-state index in [9.17, 15) is 57.6 Å². The minimum Gasteiger partial charge on any atom is -0.391 e. The van der Waals surface area contributed by atoms with Crippen molar-refractivity contribution in [3.05, 3.63) is 331 Å². The molecular formula is C101H109Cl4F3N18O9S4. The number of halogens is 7. The Balaban J connectivity index is 0.000000166. The van der Waals surface area contributed by atoms with E-state index < -0.39 is 11.6 Å². The summed E-state index contributed by atoms with van der Waals surface area (Å²) in [5, 5.41) is 69.3. The van der Waals surface area contributed by atoms with Gasteiger partial charge in [0.25, 0.3) is 11.9 Å². The predicted molar refractivity (Wildman–Crippen MR) is 552 cm³/mol. The number of benzene rings is 5. The molecule has 5 aromatic heterocycles. The molecular weight excluding hydrogens is 1940 g/mol. The van der Waals surface area contributed by atoms with Gasteiger partial charge in [-0.15, -0.1) is 45.3 Å². The molecule has 15 N–H and O–H groups in total. The number of aromatic nitrogens is 6. The van der Waals surface area contributed by atoms with Gasteiger partial charge in [0.1, 0.15) is 49.1 Å². The molecule has 5 aromatic carbocycles. The van der Waals surface area contributed by atoms with Crippen LogP contribution in [0.15, 0.2) is 203 Å². The molecule has 27 nitrogen and oxygen atoms in total. The number of allylic oxidation sites excluding steroid dienone is 15. The quantitative estimate of drug-likeness (QED) is 0.0134. The first-order valence-electron chi connectivity index (χ1n) is 44.1. The van der Waals surface area contributed by atoms with Crippen LogP contribution in [-0.2, 0) is 50.4 Å². The zero-order valence-corrected chi connectivity index (χ0v) is 84.7. The molecule has 0 spiro atoms. The van der Waals surface area contributed by atoms with E-state index in [1.54, 1.807) is 76.5 Å². The summed E-state index contributed by atoms with van der Waals surface area (Å²) < 4.78 is 41.2. The fourth-order valence-electron chi connectivity index (χ4n) is 14.7. The first-order valence-corrected chi connectivity index (χ1v) is 48.8. The number of aliphatic hydroxyl groups is 4. The SMILES string of the molecule is CNCC(NC(=O)C1=CC=C(c2ccc(C)c(F)c2)C1)c1nc(C)c(CO)s1.CNCC(NC(=O)C1=CC=C(c2ccc(Cl)c(F)c2)C1)c1nc(C)c(CO)s1.CNCC(NC(=O)C1=CC=C(c2ccc(Cl)cc2)C1)c1nc(C)c(CO)s1.CNc1cc(NC(=O)C2=CC=C(c3ccc(Cl)c(F)c3)C2)nc(N=C(C)N)n1.Cc1nc(C(CN(C)C)NC(=O)C2=CC=C(c3ccc(Cl)cc3)C2)sc1CO. The Hall–Kier alpha value is -11.7. The summed E-state index contributed by atoms with van der Waals surface area (Å²) in [5.41, 5.74) is 21.6. The van der Waals surface area contributed by atoms with Gasteiger partial charge in [0.2, 0.25) is 23.6 Å². The van der Waals surface area contributed by atoms with Crippen molar-refractivity contribution in [2.75, 3.05) is 79.1 Å². The second-order valence-corrected chi connectivity index (χ2v) is 39.0. The molecule has 139 heavy (non-hydrogen) atoms. The number of nitrogens with two attached hydrogens (primary N) is 1. The van der Waals surface area contributed by atoms with Gasteiger partial charge >= 0.3 is 0 Å². The first-order chi connectivity index (χ1) is 66.6. The standard InChI is InChI=1S/C21H24ClN3O2S.C21H24FN3O2S.C20H21ClFN3O2S.C20H22ClN3O2S.C19H18ClFN6O/c1-13-19(12-26)28-21(23-13)18(11-25(2)3)24-20(27)16-5-4-15(10-16)14-6-8-17(22)9-7-14;1-12-4-5-15(9-17(12)22)14-6-7-16(8-14)20(27)25-18(10-23-3)21-24-13(2)19(11-26)28-21;1-11-18(10-26)28-20(24-11)17(9-23-2)25-19(27)14-4-3-12(7-14)13-5-6-15(21)16(22)8-13;1-12-18(11-25)27-20(23-12)17(10-22-2)24-19(26)15-4-3-14(9-15)13-5-7-16(21)8-6-13;1-10(22)24-19-26-16(23-2)9-17(27-19)25-18(28)13-4-3-11(7-13)12-5-6-14(20)15(21)8-12/h4-9,18,26H,10-12H2,1-3H3,(H,24,27);4-7,9,18,23,26H,8,10-11H2,1-3H3,(H,25,27);3-6,8,17,23,26H,7,9-10H2,1-2H3,(H,25,27);3-8,17,22,25H,9-11H2,1-2H3,(H,24,26);3-6,8-9H,7H2,1-2H3,(H4,22,23,24,25,26,27,28). The largest absolute Gasteiger partial charge is 0.391 e. The number of likely N-dealkylation sites (N-methyl/N-ethyl adjacent to an activating group) is 4. The first kappa shape index (κ1) is 108. The average Bonchev–Trinajstić information content (AvgIpc) is 1.70. The number of anilines is 2. The Labute approximate surface area is 841 Å². The number of nitrogens with zero attached hydrogens (tertiary/aromatic N) is 8. The summed E-state index contributed by atoms with van der Waals surface area (Å²) in [6, 6.07) is 30.1. The highest BCUT2D eigenvalue weighted by molar-refractivity contribution is 7.12. The lowest BCUT2D eigenvalue weighted by atomic mass is 10.0. The number of hydrogen-bond acceptors (Lipinski definition) is 25. The Bertz CT molecular complexity index is 6380. The van der Waals surface area contributed by atoms with Crippen molar-refractivity contribution in [3.63, 3.8) is 0 Å². The molecule has 5 amide bonds. The molecule has 0 bridgehead atoms. The maximum Gasteiger partial charge on any atom is 0.254 e. The average molecular weight is 2050 g/mol. The molecule has 5 aliphatic rings. The van der Waals surface area contributed by atoms with E-state index in [1.807, 2.05) is 152 Å². The highest BCUT2D eigenvalue weighted by atomic mass is 35.5. The normalized spacial score (nSPS) is 14.5. The summed E-state index contributed by atoms with van der Waals surface area (Å²) in [4.78, 5) is 99.4. The molecule has 0 aliphatic heterocycles. The van der Waals surface area contributed by atoms with E-state index in [0.717, 1.165) is 118 Å². The molecule has 5 heterocycles. The third-order valence-corrected chi connectivity index (χ3v) is 28.4. The maximum absolute atomic E-state index is 13.8. The molecule has 4 atom stereocenters. The number of rotatable bonds is 33. The van der Waals surface area contributed by atoms with Crippen LogP contribution in [0.1, 0.15) is 159 Å². The molecule has 5 aliphatic carbocycles. The van der Waals surface area contributed by atoms with Crippen LogP contribution in [0, 0.1) is 52.1 Å². The van der Waals surface area contributed by atoms with Crippen molar-refractivity contribution < 1.29 is 57.6 Å². The number of carbonyl (C=O) groups excluding carboxylic acids is 5. The molecule has 10 aromatic rings. The monoisotopic (exact) mass is 2040 g/mol. The van der Waals surface area contributed by atoms with Gasteiger partial charge < -0.3 is 78.9 Å². The zero-order valence-electron chi connectivity index (χ0n) is 78.4. The lowest BCUT2D eigenvalue weighted by Crippen LogP contribution is -2.35. The van der Waals surface area contributed by atoms with Crippen LogP contribution >= 0.6 is 91.8 Å². The second-order valence-electron chi connectivity index (χ2n) is 32.8. The van der Waals surface area contributed by atoms with Gasteiger partial charge in [0.05, 0.1) is 109 Å². The molecule has 0 fully saturated rings. The summed E-state index contributed by atoms with van der Waals surface area (Å²) in [6.07, 6.45) is 20.8. The van der Waals surface area contributed by atoms with Crippen molar-refractivity contribution in [1.29, 1.82) is 0 Å².